The van der Waals surface area contributed by atoms with Crippen LogP contribution in [0.1, 0.15) is 33.4 Å². The number of benzene rings is 1. The molecule has 1 saturated heterocycles. The van der Waals surface area contributed by atoms with Crippen molar-refractivity contribution >= 4 is 27.3 Å². The zero-order chi connectivity index (χ0) is 20.1. The van der Waals surface area contributed by atoms with Crippen molar-refractivity contribution in [3.8, 4) is 0 Å². The van der Waals surface area contributed by atoms with E-state index in [1.165, 1.54) is 16.2 Å². The standard InChI is InChI=1S/C17H16F3N3O3S2/c18-11-3-4-13(15(20)14(11)19)28(25,26)23-7-5-22(6-8-23)17(24)12-9-21-16(27-12)10-1-2-10/h3-4,9-10H,1-2,5-8H2. The van der Waals surface area contributed by atoms with Crippen molar-refractivity contribution < 1.29 is 26.4 Å². The van der Waals surface area contributed by atoms with E-state index in [2.05, 4.69) is 4.98 Å². The van der Waals surface area contributed by atoms with Crippen molar-refractivity contribution in [2.24, 2.45) is 0 Å². The van der Waals surface area contributed by atoms with Gasteiger partial charge in [-0.1, -0.05) is 0 Å². The molecule has 1 amide bonds. The maximum Gasteiger partial charge on any atom is 0.265 e. The average Bonchev–Trinajstić information content (AvgIpc) is 3.42. The Hall–Kier alpha value is -1.98. The van der Waals surface area contributed by atoms with Gasteiger partial charge < -0.3 is 4.90 Å². The van der Waals surface area contributed by atoms with E-state index in [0.29, 0.717) is 22.9 Å². The Balaban J connectivity index is 1.45. The number of sulfonamides is 1. The maximum absolute atomic E-state index is 13.9. The number of hydrogen-bond acceptors (Lipinski definition) is 5. The van der Waals surface area contributed by atoms with Gasteiger partial charge in [0, 0.05) is 32.1 Å². The first-order chi connectivity index (χ1) is 13.3. The van der Waals surface area contributed by atoms with Crippen LogP contribution in [0.4, 0.5) is 13.2 Å². The van der Waals surface area contributed by atoms with Crippen molar-refractivity contribution in [2.45, 2.75) is 23.7 Å². The van der Waals surface area contributed by atoms with Gasteiger partial charge in [0.15, 0.2) is 17.5 Å². The molecular formula is C17H16F3N3O3S2. The van der Waals surface area contributed by atoms with E-state index in [-0.39, 0.29) is 32.1 Å². The van der Waals surface area contributed by atoms with E-state index in [1.807, 2.05) is 0 Å². The molecule has 0 bridgehead atoms. The van der Waals surface area contributed by atoms with Crippen LogP contribution < -0.4 is 0 Å². The van der Waals surface area contributed by atoms with Gasteiger partial charge in [-0.05, 0) is 25.0 Å². The van der Waals surface area contributed by atoms with Crippen LogP contribution in [-0.4, -0.2) is 54.7 Å². The van der Waals surface area contributed by atoms with Gasteiger partial charge >= 0.3 is 0 Å². The molecule has 0 atom stereocenters. The van der Waals surface area contributed by atoms with E-state index in [1.54, 1.807) is 6.20 Å². The molecule has 28 heavy (non-hydrogen) atoms. The van der Waals surface area contributed by atoms with Crippen LogP contribution in [0.15, 0.2) is 23.2 Å². The fraction of sp³-hybridized carbons (Fsp3) is 0.412. The van der Waals surface area contributed by atoms with E-state index in [9.17, 15) is 26.4 Å². The second-order valence-electron chi connectivity index (χ2n) is 6.71. The summed E-state index contributed by atoms with van der Waals surface area (Å²) in [7, 11) is -4.34. The third kappa shape index (κ3) is 3.42. The van der Waals surface area contributed by atoms with Crippen LogP contribution in [0.5, 0.6) is 0 Å². The number of aromatic nitrogens is 1. The first-order valence-electron chi connectivity index (χ1n) is 8.67. The fourth-order valence-electron chi connectivity index (χ4n) is 3.04. The highest BCUT2D eigenvalue weighted by Crippen LogP contribution is 2.41. The minimum Gasteiger partial charge on any atom is -0.335 e. The Morgan fingerprint density at radius 2 is 1.75 bits per heavy atom. The Morgan fingerprint density at radius 1 is 1.07 bits per heavy atom. The first kappa shape index (κ1) is 19.3. The smallest absolute Gasteiger partial charge is 0.265 e. The third-order valence-electron chi connectivity index (χ3n) is 4.80. The van der Waals surface area contributed by atoms with Crippen LogP contribution in [0.3, 0.4) is 0 Å². The van der Waals surface area contributed by atoms with E-state index >= 15 is 0 Å². The molecule has 150 valence electrons. The quantitative estimate of drug-likeness (QED) is 0.698. The van der Waals surface area contributed by atoms with Gasteiger partial charge in [-0.25, -0.2) is 26.6 Å². The van der Waals surface area contributed by atoms with Crippen molar-refractivity contribution in [3.05, 3.63) is 45.7 Å². The molecule has 1 saturated carbocycles. The number of carbonyl (C=O) groups excluding carboxylic acids is 1. The lowest BCUT2D eigenvalue weighted by Gasteiger charge is -2.33. The first-order valence-corrected chi connectivity index (χ1v) is 10.9. The highest BCUT2D eigenvalue weighted by Gasteiger charge is 2.34. The average molecular weight is 431 g/mol. The number of rotatable bonds is 4. The van der Waals surface area contributed by atoms with Crippen molar-refractivity contribution in [1.82, 2.24) is 14.2 Å². The molecule has 2 heterocycles. The zero-order valence-corrected chi connectivity index (χ0v) is 16.2. The molecule has 1 aromatic carbocycles. The lowest BCUT2D eigenvalue weighted by atomic mass is 10.3. The number of hydrogen-bond donors (Lipinski definition) is 0. The highest BCUT2D eigenvalue weighted by molar-refractivity contribution is 7.89. The Bertz CT molecular complexity index is 1030. The number of piperazine rings is 1. The molecule has 2 aromatic rings. The summed E-state index contributed by atoms with van der Waals surface area (Å²) in [5, 5.41) is 0.943. The number of halogens is 3. The SMILES string of the molecule is O=C(c1cnc(C2CC2)s1)N1CCN(S(=O)(=O)c2ccc(F)c(F)c2F)CC1. The maximum atomic E-state index is 13.9. The van der Waals surface area contributed by atoms with Gasteiger partial charge in [-0.3, -0.25) is 4.79 Å². The third-order valence-corrected chi connectivity index (χ3v) is 7.87. The van der Waals surface area contributed by atoms with Crippen LogP contribution in [0, 0.1) is 17.5 Å². The van der Waals surface area contributed by atoms with Crippen LogP contribution in [0.25, 0.3) is 0 Å². The largest absolute Gasteiger partial charge is 0.335 e. The molecule has 0 spiro atoms. The normalized spacial score (nSPS) is 18.5. The van der Waals surface area contributed by atoms with E-state index in [0.717, 1.165) is 22.2 Å². The number of nitrogens with zero attached hydrogens (tertiary/aromatic N) is 3. The summed E-state index contributed by atoms with van der Waals surface area (Å²) < 4.78 is 66.6. The van der Waals surface area contributed by atoms with Gasteiger partial charge in [0.25, 0.3) is 5.91 Å². The van der Waals surface area contributed by atoms with Gasteiger partial charge in [0.2, 0.25) is 10.0 Å². The molecule has 1 aromatic heterocycles. The molecule has 2 aliphatic rings. The second kappa shape index (κ2) is 7.12. The highest BCUT2D eigenvalue weighted by atomic mass is 32.2. The van der Waals surface area contributed by atoms with Crippen LogP contribution >= 0.6 is 11.3 Å². The Labute approximate surface area is 163 Å². The molecule has 0 N–H and O–H groups in total. The van der Waals surface area contributed by atoms with Crippen molar-refractivity contribution in [3.63, 3.8) is 0 Å². The molecular weight excluding hydrogens is 415 g/mol. The molecule has 6 nitrogen and oxygen atoms in total. The van der Waals surface area contributed by atoms with Gasteiger partial charge in [-0.15, -0.1) is 11.3 Å². The minimum absolute atomic E-state index is 0.0687. The van der Waals surface area contributed by atoms with Crippen molar-refractivity contribution in [1.29, 1.82) is 0 Å². The second-order valence-corrected chi connectivity index (χ2v) is 9.68. The molecule has 1 aliphatic heterocycles. The summed E-state index contributed by atoms with van der Waals surface area (Å²) >= 11 is 1.35. The van der Waals surface area contributed by atoms with Crippen molar-refractivity contribution in [2.75, 3.05) is 26.2 Å². The molecule has 0 unspecified atom stereocenters. The lowest BCUT2D eigenvalue weighted by molar-refractivity contribution is 0.0702. The van der Waals surface area contributed by atoms with Gasteiger partial charge in [0.05, 0.1) is 11.2 Å². The molecule has 4 rings (SSSR count). The summed E-state index contributed by atoms with van der Waals surface area (Å²) in [5.74, 6) is -4.80. The summed E-state index contributed by atoms with van der Waals surface area (Å²) in [5.41, 5.74) is 0. The molecule has 0 radical (unpaired) electrons. The monoisotopic (exact) mass is 431 g/mol. The van der Waals surface area contributed by atoms with E-state index in [4.69, 9.17) is 0 Å². The minimum atomic E-state index is -4.34. The van der Waals surface area contributed by atoms with E-state index < -0.39 is 32.4 Å². The van der Waals surface area contributed by atoms with Crippen LogP contribution in [-0.2, 0) is 10.0 Å². The fourth-order valence-corrected chi connectivity index (χ4v) is 5.57. The topological polar surface area (TPSA) is 70.6 Å². The summed E-state index contributed by atoms with van der Waals surface area (Å²) in [6, 6.07) is 1.28. The number of carbonyl (C=O) groups is 1. The summed E-state index contributed by atoms with van der Waals surface area (Å²) in [4.78, 5) is 18.0. The number of amides is 1. The zero-order valence-electron chi connectivity index (χ0n) is 14.6. The summed E-state index contributed by atoms with van der Waals surface area (Å²) in [6.45, 7) is 0.0850. The lowest BCUT2D eigenvalue weighted by Crippen LogP contribution is -2.50. The Kier molecular flexibility index (Phi) is 4.92. The predicted molar refractivity (Wildman–Crippen MR) is 95.1 cm³/mol. The molecule has 2 fully saturated rings. The van der Waals surface area contributed by atoms with Gasteiger partial charge in [0.1, 0.15) is 9.77 Å². The molecule has 11 heteroatoms. The number of thiazole rings is 1. The Morgan fingerprint density at radius 3 is 2.39 bits per heavy atom. The molecule has 1 aliphatic carbocycles. The summed E-state index contributed by atoms with van der Waals surface area (Å²) in [6.07, 6.45) is 3.71. The van der Waals surface area contributed by atoms with Gasteiger partial charge in [-0.2, -0.15) is 4.31 Å². The van der Waals surface area contributed by atoms with Crippen LogP contribution in [0.2, 0.25) is 0 Å². The predicted octanol–water partition coefficient (Wildman–Crippen LogP) is 2.58.